The maximum Gasteiger partial charge on any atom is 0.269 e. The van der Waals surface area contributed by atoms with E-state index < -0.39 is 11.5 Å². The number of likely N-dealkylation sites (N-methyl/N-ethyl adjacent to an activating group) is 1. The Hall–Kier alpha value is -3.68. The summed E-state index contributed by atoms with van der Waals surface area (Å²) in [7, 11) is 3.18. The number of aliphatic hydroxyl groups is 1. The largest absolute Gasteiger partial charge is 0.474 e. The minimum Gasteiger partial charge on any atom is -0.474 e. The average molecular weight is 439 g/mol. The van der Waals surface area contributed by atoms with Crippen molar-refractivity contribution in [3.05, 3.63) is 35.5 Å². The molecule has 10 heteroatoms. The summed E-state index contributed by atoms with van der Waals surface area (Å²) in [6.07, 6.45) is 0.375. The van der Waals surface area contributed by atoms with Gasteiger partial charge >= 0.3 is 0 Å². The quantitative estimate of drug-likeness (QED) is 0.408. The van der Waals surface area contributed by atoms with Gasteiger partial charge in [0, 0.05) is 44.7 Å². The van der Waals surface area contributed by atoms with Crippen LogP contribution in [0.25, 0.3) is 11.4 Å². The molecule has 32 heavy (non-hydrogen) atoms. The summed E-state index contributed by atoms with van der Waals surface area (Å²) in [6.45, 7) is 0.982. The Morgan fingerprint density at radius 2 is 2.12 bits per heavy atom. The SMILES string of the molecule is COCCOc1nc(-c2cccc(C#CCC3(O)CCN(C)C3=O)c2)nc(C(N)=O)c1N. The zero-order chi connectivity index (χ0) is 23.3. The van der Waals surface area contributed by atoms with E-state index in [2.05, 4.69) is 21.8 Å². The summed E-state index contributed by atoms with van der Waals surface area (Å²) in [6, 6.07) is 6.97. The van der Waals surface area contributed by atoms with Crippen molar-refractivity contribution in [2.24, 2.45) is 5.73 Å². The molecule has 1 aliphatic rings. The van der Waals surface area contributed by atoms with Crippen LogP contribution < -0.4 is 16.2 Å². The van der Waals surface area contributed by atoms with Gasteiger partial charge in [-0.3, -0.25) is 9.59 Å². The van der Waals surface area contributed by atoms with E-state index in [1.807, 2.05) is 0 Å². The number of amides is 2. The molecule has 1 fully saturated rings. The summed E-state index contributed by atoms with van der Waals surface area (Å²) in [5.74, 6) is 4.91. The molecule has 1 saturated heterocycles. The lowest BCUT2D eigenvalue weighted by Crippen LogP contribution is -2.38. The van der Waals surface area contributed by atoms with E-state index in [1.54, 1.807) is 31.3 Å². The molecule has 0 saturated carbocycles. The molecule has 168 valence electrons. The lowest BCUT2D eigenvalue weighted by atomic mass is 9.98. The van der Waals surface area contributed by atoms with Crippen molar-refractivity contribution in [2.45, 2.75) is 18.4 Å². The number of ether oxygens (including phenoxy) is 2. The standard InChI is InChI=1S/C22H25N5O5/c1-27-10-9-22(30,21(27)29)8-4-6-14-5-3-7-15(13-14)19-25-17(18(24)28)16(23)20(26-19)32-12-11-31-2/h3,5,7,13,30H,8-12,23H2,1-2H3,(H2,24,28). The summed E-state index contributed by atoms with van der Waals surface area (Å²) in [4.78, 5) is 33.9. The van der Waals surface area contributed by atoms with Gasteiger partial charge in [-0.1, -0.05) is 24.0 Å². The van der Waals surface area contributed by atoms with Gasteiger partial charge in [0.15, 0.2) is 17.1 Å². The van der Waals surface area contributed by atoms with Gasteiger partial charge in [-0.15, -0.1) is 0 Å². The van der Waals surface area contributed by atoms with Crippen molar-refractivity contribution in [3.63, 3.8) is 0 Å². The van der Waals surface area contributed by atoms with Crippen LogP contribution >= 0.6 is 0 Å². The molecule has 1 atom stereocenters. The zero-order valence-electron chi connectivity index (χ0n) is 17.9. The number of nitrogens with zero attached hydrogens (tertiary/aromatic N) is 3. The molecule has 1 aromatic heterocycles. The number of anilines is 1. The zero-order valence-corrected chi connectivity index (χ0v) is 17.9. The Labute approximate surface area is 185 Å². The Bertz CT molecular complexity index is 1090. The topological polar surface area (TPSA) is 154 Å². The van der Waals surface area contributed by atoms with E-state index in [0.29, 0.717) is 30.7 Å². The highest BCUT2D eigenvalue weighted by molar-refractivity contribution is 5.97. The number of methoxy groups -OCH3 is 1. The minimum absolute atomic E-state index is 0.0298. The second kappa shape index (κ2) is 9.64. The smallest absolute Gasteiger partial charge is 0.269 e. The average Bonchev–Trinajstić information content (AvgIpc) is 3.02. The van der Waals surface area contributed by atoms with Crippen LogP contribution in [-0.4, -0.2) is 71.3 Å². The van der Waals surface area contributed by atoms with Gasteiger partial charge in [-0.2, -0.15) is 4.98 Å². The highest BCUT2D eigenvalue weighted by Crippen LogP contribution is 2.27. The first-order valence-corrected chi connectivity index (χ1v) is 9.91. The van der Waals surface area contributed by atoms with Crippen LogP contribution in [0, 0.1) is 11.8 Å². The van der Waals surface area contributed by atoms with E-state index in [-0.39, 0.29) is 42.0 Å². The Morgan fingerprint density at radius 3 is 2.78 bits per heavy atom. The molecule has 10 nitrogen and oxygen atoms in total. The van der Waals surface area contributed by atoms with Crippen LogP contribution in [0.5, 0.6) is 5.88 Å². The number of hydrogen-bond acceptors (Lipinski definition) is 8. The second-order valence-electron chi connectivity index (χ2n) is 7.39. The predicted octanol–water partition coefficient (Wildman–Crippen LogP) is 0.185. The summed E-state index contributed by atoms with van der Waals surface area (Å²) in [5, 5.41) is 10.5. The summed E-state index contributed by atoms with van der Waals surface area (Å²) >= 11 is 0. The highest BCUT2D eigenvalue weighted by atomic mass is 16.5. The number of hydrogen-bond donors (Lipinski definition) is 3. The third-order valence-corrected chi connectivity index (χ3v) is 5.01. The van der Waals surface area contributed by atoms with Gasteiger partial charge in [-0.05, 0) is 12.1 Å². The Balaban J connectivity index is 1.87. The maximum atomic E-state index is 12.1. The molecule has 0 radical (unpaired) electrons. The number of likely N-dealkylation sites (tertiary alicyclic amines) is 1. The normalized spacial score (nSPS) is 17.7. The lowest BCUT2D eigenvalue weighted by molar-refractivity contribution is -0.141. The van der Waals surface area contributed by atoms with Crippen LogP contribution in [0.15, 0.2) is 24.3 Å². The van der Waals surface area contributed by atoms with Crippen LogP contribution in [-0.2, 0) is 9.53 Å². The second-order valence-corrected chi connectivity index (χ2v) is 7.39. The molecular formula is C22H25N5O5. The van der Waals surface area contributed by atoms with Crippen molar-refractivity contribution >= 4 is 17.5 Å². The number of nitrogens with two attached hydrogens (primary N) is 2. The van der Waals surface area contributed by atoms with Crippen molar-refractivity contribution in [1.82, 2.24) is 14.9 Å². The molecule has 2 aromatic rings. The number of primary amides is 1. The molecule has 5 N–H and O–H groups in total. The molecular weight excluding hydrogens is 414 g/mol. The fourth-order valence-electron chi connectivity index (χ4n) is 3.21. The number of nitrogen functional groups attached to an aromatic ring is 1. The van der Waals surface area contributed by atoms with Gasteiger partial charge in [0.25, 0.3) is 11.8 Å². The molecule has 0 aliphatic carbocycles. The number of carbonyl (C=O) groups excluding carboxylic acids is 2. The predicted molar refractivity (Wildman–Crippen MR) is 116 cm³/mol. The molecule has 1 unspecified atom stereocenters. The van der Waals surface area contributed by atoms with E-state index >= 15 is 0 Å². The summed E-state index contributed by atoms with van der Waals surface area (Å²) in [5.41, 5.74) is 10.9. The van der Waals surface area contributed by atoms with E-state index in [9.17, 15) is 14.7 Å². The first-order chi connectivity index (χ1) is 15.2. The van der Waals surface area contributed by atoms with Gasteiger partial charge in [0.05, 0.1) is 6.61 Å². The number of aromatic nitrogens is 2. The minimum atomic E-state index is -1.45. The Kier molecular flexibility index (Phi) is 6.92. The van der Waals surface area contributed by atoms with E-state index in [4.69, 9.17) is 20.9 Å². The van der Waals surface area contributed by atoms with Crippen molar-refractivity contribution in [1.29, 1.82) is 0 Å². The fraction of sp³-hybridized carbons (Fsp3) is 0.364. The van der Waals surface area contributed by atoms with Gasteiger partial charge in [-0.25, -0.2) is 4.98 Å². The molecule has 2 amide bonds. The van der Waals surface area contributed by atoms with Gasteiger partial charge < -0.3 is 30.9 Å². The van der Waals surface area contributed by atoms with E-state index in [1.165, 1.54) is 12.0 Å². The van der Waals surface area contributed by atoms with Crippen LogP contribution in [0.1, 0.15) is 28.9 Å². The van der Waals surface area contributed by atoms with Crippen molar-refractivity contribution in [3.8, 4) is 29.1 Å². The first-order valence-electron chi connectivity index (χ1n) is 9.91. The van der Waals surface area contributed by atoms with Crippen molar-refractivity contribution in [2.75, 3.05) is 39.6 Å². The highest BCUT2D eigenvalue weighted by Gasteiger charge is 2.42. The van der Waals surface area contributed by atoms with Gasteiger partial charge in [0.2, 0.25) is 5.88 Å². The maximum absolute atomic E-state index is 12.1. The number of benzene rings is 1. The number of rotatable bonds is 7. The molecule has 1 aromatic carbocycles. The summed E-state index contributed by atoms with van der Waals surface area (Å²) < 4.78 is 10.5. The fourth-order valence-corrected chi connectivity index (χ4v) is 3.21. The van der Waals surface area contributed by atoms with Crippen LogP contribution in [0.4, 0.5) is 5.69 Å². The molecule has 3 rings (SSSR count). The van der Waals surface area contributed by atoms with Crippen LogP contribution in [0.3, 0.4) is 0 Å². The molecule has 2 heterocycles. The third kappa shape index (κ3) is 4.96. The third-order valence-electron chi connectivity index (χ3n) is 5.01. The number of carbonyl (C=O) groups is 2. The molecule has 0 bridgehead atoms. The van der Waals surface area contributed by atoms with Crippen LogP contribution in [0.2, 0.25) is 0 Å². The monoisotopic (exact) mass is 439 g/mol. The molecule has 1 aliphatic heterocycles. The first kappa shape index (κ1) is 23.0. The molecule has 0 spiro atoms. The van der Waals surface area contributed by atoms with Gasteiger partial charge in [0.1, 0.15) is 12.3 Å². The Morgan fingerprint density at radius 1 is 1.34 bits per heavy atom. The van der Waals surface area contributed by atoms with Crippen molar-refractivity contribution < 1.29 is 24.2 Å². The van der Waals surface area contributed by atoms with E-state index in [0.717, 1.165) is 0 Å². The lowest BCUT2D eigenvalue weighted by Gasteiger charge is -2.17.